The average molecular weight is 327 g/mol. The van der Waals surface area contributed by atoms with Gasteiger partial charge in [-0.25, -0.2) is 0 Å². The molecule has 1 atom stereocenters. The Hall–Kier alpha value is -2.66. The van der Waals surface area contributed by atoms with E-state index in [-0.39, 0.29) is 18.9 Å². The van der Waals surface area contributed by atoms with Crippen molar-refractivity contribution in [1.29, 1.82) is 0 Å². The number of nitrogens with one attached hydrogen (secondary N) is 1. The van der Waals surface area contributed by atoms with Gasteiger partial charge in [0, 0.05) is 12.7 Å². The molecular weight excluding hydrogens is 306 g/mol. The van der Waals surface area contributed by atoms with Gasteiger partial charge in [0.05, 0.1) is 18.6 Å². The highest BCUT2D eigenvalue weighted by Gasteiger charge is 2.29. The smallest absolute Gasteiger partial charge is 0.305 e. The molecule has 0 aromatic heterocycles. The number of ether oxygens (including phenoxy) is 1. The van der Waals surface area contributed by atoms with Crippen LogP contribution < -0.4 is 5.32 Å². The number of benzene rings is 2. The van der Waals surface area contributed by atoms with E-state index in [2.05, 4.69) is 5.32 Å². The minimum atomic E-state index is -0.991. The molecule has 1 unspecified atom stereocenters. The molecule has 0 bridgehead atoms. The first-order valence-electron chi connectivity index (χ1n) is 7.62. The van der Waals surface area contributed by atoms with Gasteiger partial charge in [-0.2, -0.15) is 0 Å². The number of amides is 1. The molecule has 5 nitrogen and oxygen atoms in total. The summed E-state index contributed by atoms with van der Waals surface area (Å²) in [4.78, 5) is 23.4. The molecular formula is C19H21NO4. The summed E-state index contributed by atoms with van der Waals surface area (Å²) < 4.78 is 5.04. The highest BCUT2D eigenvalue weighted by molar-refractivity contribution is 5.95. The van der Waals surface area contributed by atoms with E-state index < -0.39 is 11.5 Å². The fraction of sp³-hybridized carbons (Fsp3) is 0.263. The lowest BCUT2D eigenvalue weighted by atomic mass is 9.97. The molecule has 0 spiro atoms. The van der Waals surface area contributed by atoms with E-state index in [1.807, 2.05) is 42.5 Å². The number of carbonyl (C=O) groups excluding carboxylic acids is 1. The molecule has 0 aliphatic carbocycles. The quantitative estimate of drug-likeness (QED) is 0.820. The number of methoxy groups -OCH3 is 1. The van der Waals surface area contributed by atoms with Crippen LogP contribution in [0.1, 0.15) is 23.7 Å². The lowest BCUT2D eigenvalue weighted by Gasteiger charge is -2.28. The normalized spacial score (nSPS) is 13.1. The molecule has 0 saturated heterocycles. The summed E-state index contributed by atoms with van der Waals surface area (Å²) in [6, 6.07) is 17.1. The van der Waals surface area contributed by atoms with Crippen LogP contribution in [0.2, 0.25) is 0 Å². The Kier molecular flexibility index (Phi) is 5.71. The minimum absolute atomic E-state index is 0.118. The number of rotatable bonds is 7. The van der Waals surface area contributed by atoms with Crippen molar-refractivity contribution in [3.05, 3.63) is 60.2 Å². The molecule has 0 saturated carbocycles. The van der Waals surface area contributed by atoms with E-state index in [0.717, 1.165) is 11.1 Å². The number of hydrogen-bond donors (Lipinski definition) is 2. The Balaban J connectivity index is 2.13. The summed E-state index contributed by atoms with van der Waals surface area (Å²) >= 11 is 0. The van der Waals surface area contributed by atoms with Crippen molar-refractivity contribution in [3.63, 3.8) is 0 Å². The Bertz CT molecular complexity index is 697. The van der Waals surface area contributed by atoms with Crippen molar-refractivity contribution in [2.75, 3.05) is 13.7 Å². The fourth-order valence-electron chi connectivity index (χ4n) is 2.57. The van der Waals surface area contributed by atoms with Crippen molar-refractivity contribution in [2.45, 2.75) is 18.9 Å². The first-order valence-corrected chi connectivity index (χ1v) is 7.62. The fourth-order valence-corrected chi connectivity index (χ4v) is 2.57. The van der Waals surface area contributed by atoms with Crippen molar-refractivity contribution < 1.29 is 19.4 Å². The number of carboxylic acids is 1. The Morgan fingerprint density at radius 3 is 2.17 bits per heavy atom. The van der Waals surface area contributed by atoms with Crippen molar-refractivity contribution >= 4 is 11.9 Å². The van der Waals surface area contributed by atoms with Crippen molar-refractivity contribution in [3.8, 4) is 11.1 Å². The van der Waals surface area contributed by atoms with Gasteiger partial charge in [-0.15, -0.1) is 0 Å². The molecule has 0 aliphatic rings. The van der Waals surface area contributed by atoms with Crippen LogP contribution in [0.25, 0.3) is 11.1 Å². The Labute approximate surface area is 141 Å². The zero-order chi connectivity index (χ0) is 17.6. The molecule has 0 heterocycles. The monoisotopic (exact) mass is 327 g/mol. The van der Waals surface area contributed by atoms with Gasteiger partial charge in [0.25, 0.3) is 5.91 Å². The largest absolute Gasteiger partial charge is 0.481 e. The lowest BCUT2D eigenvalue weighted by Crippen LogP contribution is -2.50. The van der Waals surface area contributed by atoms with Gasteiger partial charge in [0.2, 0.25) is 0 Å². The second-order valence-electron chi connectivity index (χ2n) is 5.96. The van der Waals surface area contributed by atoms with E-state index in [1.54, 1.807) is 19.1 Å². The predicted molar refractivity (Wildman–Crippen MR) is 91.9 cm³/mol. The van der Waals surface area contributed by atoms with Crippen LogP contribution >= 0.6 is 0 Å². The SMILES string of the molecule is COCC(C)(CC(=O)O)NC(=O)c1ccc(-c2ccccc2)cc1. The van der Waals surface area contributed by atoms with Gasteiger partial charge in [-0.3, -0.25) is 9.59 Å². The molecule has 24 heavy (non-hydrogen) atoms. The van der Waals surface area contributed by atoms with Crippen molar-refractivity contribution in [2.24, 2.45) is 0 Å². The maximum Gasteiger partial charge on any atom is 0.305 e. The molecule has 0 radical (unpaired) electrons. The summed E-state index contributed by atoms with van der Waals surface area (Å²) in [5, 5.41) is 11.8. The number of aliphatic carboxylic acids is 1. The van der Waals surface area contributed by atoms with Crippen LogP contribution in [-0.4, -0.2) is 36.2 Å². The van der Waals surface area contributed by atoms with Crippen LogP contribution in [-0.2, 0) is 9.53 Å². The predicted octanol–water partition coefficient (Wildman–Crippen LogP) is 2.96. The minimum Gasteiger partial charge on any atom is -0.481 e. The van der Waals surface area contributed by atoms with Gasteiger partial charge >= 0.3 is 5.97 Å². The third kappa shape index (κ3) is 4.67. The van der Waals surface area contributed by atoms with E-state index in [9.17, 15) is 9.59 Å². The third-order valence-corrected chi connectivity index (χ3v) is 3.67. The van der Waals surface area contributed by atoms with E-state index in [1.165, 1.54) is 7.11 Å². The summed E-state index contributed by atoms with van der Waals surface area (Å²) in [5.74, 6) is -1.32. The highest BCUT2D eigenvalue weighted by atomic mass is 16.5. The summed E-state index contributed by atoms with van der Waals surface area (Å²) in [6.07, 6.45) is -0.214. The van der Waals surface area contributed by atoms with Crippen LogP contribution in [0, 0.1) is 0 Å². The van der Waals surface area contributed by atoms with Gasteiger partial charge < -0.3 is 15.2 Å². The number of carbonyl (C=O) groups is 2. The zero-order valence-corrected chi connectivity index (χ0v) is 13.8. The van der Waals surface area contributed by atoms with Gasteiger partial charge in [-0.1, -0.05) is 42.5 Å². The molecule has 0 fully saturated rings. The van der Waals surface area contributed by atoms with E-state index in [4.69, 9.17) is 9.84 Å². The third-order valence-electron chi connectivity index (χ3n) is 3.67. The van der Waals surface area contributed by atoms with Crippen molar-refractivity contribution in [1.82, 2.24) is 5.32 Å². The first-order chi connectivity index (χ1) is 11.4. The van der Waals surface area contributed by atoms with Crippen LogP contribution in [0.3, 0.4) is 0 Å². The molecule has 1 amide bonds. The second-order valence-corrected chi connectivity index (χ2v) is 5.96. The molecule has 0 aliphatic heterocycles. The molecule has 126 valence electrons. The summed E-state index contributed by atoms with van der Waals surface area (Å²) in [7, 11) is 1.47. The lowest BCUT2D eigenvalue weighted by molar-refractivity contribution is -0.139. The van der Waals surface area contributed by atoms with E-state index >= 15 is 0 Å². The summed E-state index contributed by atoms with van der Waals surface area (Å²) in [5.41, 5.74) is 1.59. The highest BCUT2D eigenvalue weighted by Crippen LogP contribution is 2.20. The molecule has 5 heteroatoms. The standard InChI is InChI=1S/C19H21NO4/c1-19(13-24-2,12-17(21)22)20-18(23)16-10-8-15(9-11-16)14-6-4-3-5-7-14/h3-11H,12-13H2,1-2H3,(H,20,23)(H,21,22). The second kappa shape index (κ2) is 7.75. The number of carboxylic acid groups (broad SMARTS) is 1. The maximum absolute atomic E-state index is 12.4. The van der Waals surface area contributed by atoms with E-state index in [0.29, 0.717) is 5.56 Å². The van der Waals surface area contributed by atoms with Gasteiger partial charge in [0.1, 0.15) is 0 Å². The molecule has 2 aromatic carbocycles. The summed E-state index contributed by atoms with van der Waals surface area (Å²) in [6.45, 7) is 1.77. The zero-order valence-electron chi connectivity index (χ0n) is 13.8. The van der Waals surface area contributed by atoms with Crippen LogP contribution in [0.4, 0.5) is 0 Å². The Morgan fingerprint density at radius 1 is 1.04 bits per heavy atom. The van der Waals surface area contributed by atoms with Gasteiger partial charge in [-0.05, 0) is 30.2 Å². The molecule has 2 rings (SSSR count). The molecule has 2 N–H and O–H groups in total. The first kappa shape index (κ1) is 17.7. The molecule has 2 aromatic rings. The average Bonchev–Trinajstić information content (AvgIpc) is 2.55. The van der Waals surface area contributed by atoms with Gasteiger partial charge in [0.15, 0.2) is 0 Å². The van der Waals surface area contributed by atoms with Crippen LogP contribution in [0.15, 0.2) is 54.6 Å². The number of hydrogen-bond acceptors (Lipinski definition) is 3. The maximum atomic E-state index is 12.4. The Morgan fingerprint density at radius 2 is 1.62 bits per heavy atom. The topological polar surface area (TPSA) is 75.6 Å². The van der Waals surface area contributed by atoms with Crippen LogP contribution in [0.5, 0.6) is 0 Å².